The average Bonchev–Trinajstić information content (AvgIpc) is 3.07. The fourth-order valence-corrected chi connectivity index (χ4v) is 4.68. The molecule has 1 saturated carbocycles. The van der Waals surface area contributed by atoms with E-state index in [1.807, 2.05) is 43.3 Å². The van der Waals surface area contributed by atoms with Gasteiger partial charge in [0.25, 0.3) is 0 Å². The van der Waals surface area contributed by atoms with Crippen molar-refractivity contribution in [1.29, 1.82) is 0 Å². The summed E-state index contributed by atoms with van der Waals surface area (Å²) in [7, 11) is 0. The number of likely N-dealkylation sites (tertiary alicyclic amines) is 1. The fourth-order valence-electron chi connectivity index (χ4n) is 4.55. The normalized spacial score (nSPS) is 20.0. The number of carbonyl (C=O) groups excluding carboxylic acids is 2. The van der Waals surface area contributed by atoms with Gasteiger partial charge in [-0.3, -0.25) is 24.2 Å². The fraction of sp³-hybridized carbons (Fsp3) is 0.423. The maximum absolute atomic E-state index is 11.7. The van der Waals surface area contributed by atoms with Crippen molar-refractivity contribution in [2.75, 3.05) is 13.2 Å². The summed E-state index contributed by atoms with van der Waals surface area (Å²) in [5.74, 6) is -0.547. The number of nitrogens with zero attached hydrogens (tertiary/aromatic N) is 2. The number of amides is 2. The number of aryl methyl sites for hydroxylation is 1. The largest absolute Gasteiger partial charge is 0.491 e. The number of benzene rings is 2. The van der Waals surface area contributed by atoms with Gasteiger partial charge in [0, 0.05) is 37.0 Å². The summed E-state index contributed by atoms with van der Waals surface area (Å²) in [6.07, 6.45) is 1.87. The number of carbonyl (C=O) groups is 3. The molecule has 0 unspecified atom stereocenters. The number of halogens is 1. The maximum Gasteiger partial charge on any atom is 0.306 e. The van der Waals surface area contributed by atoms with Crippen LogP contribution in [0.15, 0.2) is 42.5 Å². The van der Waals surface area contributed by atoms with Crippen LogP contribution in [0, 0.1) is 12.8 Å². The monoisotopic (exact) mass is 484 g/mol. The summed E-state index contributed by atoms with van der Waals surface area (Å²) in [4.78, 5) is 38.4. The molecule has 1 N–H and O–H groups in total. The van der Waals surface area contributed by atoms with Gasteiger partial charge in [0.15, 0.2) is 0 Å². The number of rotatable bonds is 10. The molecule has 0 atom stereocenters. The Hall–Kier alpha value is -2.90. The molecule has 2 aliphatic rings. The highest BCUT2D eigenvalue weighted by molar-refractivity contribution is 6.30. The molecule has 8 heteroatoms. The van der Waals surface area contributed by atoms with Crippen LogP contribution in [0.5, 0.6) is 5.75 Å². The Bertz CT molecular complexity index is 1050. The van der Waals surface area contributed by atoms with Crippen LogP contribution in [0.4, 0.5) is 0 Å². The minimum atomic E-state index is -0.725. The van der Waals surface area contributed by atoms with Crippen molar-refractivity contribution in [1.82, 2.24) is 9.80 Å². The molecule has 2 aromatic rings. The molecule has 2 aromatic carbocycles. The minimum absolute atomic E-state index is 0.136. The zero-order chi connectivity index (χ0) is 24.2. The molecule has 7 nitrogen and oxygen atoms in total. The van der Waals surface area contributed by atoms with Crippen LogP contribution in [0.1, 0.15) is 42.4 Å². The molecule has 1 aliphatic heterocycles. The predicted octanol–water partition coefficient (Wildman–Crippen LogP) is 4.04. The Morgan fingerprint density at radius 1 is 1.06 bits per heavy atom. The van der Waals surface area contributed by atoms with E-state index < -0.39 is 5.97 Å². The van der Waals surface area contributed by atoms with Crippen LogP contribution in [-0.4, -0.2) is 51.9 Å². The van der Waals surface area contributed by atoms with Gasteiger partial charge in [-0.2, -0.15) is 0 Å². The lowest BCUT2D eigenvalue weighted by Gasteiger charge is -2.41. The van der Waals surface area contributed by atoms with Crippen LogP contribution < -0.4 is 4.74 Å². The highest BCUT2D eigenvalue weighted by atomic mass is 35.5. The second-order valence-electron chi connectivity index (χ2n) is 9.08. The van der Waals surface area contributed by atoms with Crippen LogP contribution >= 0.6 is 11.6 Å². The van der Waals surface area contributed by atoms with Gasteiger partial charge >= 0.3 is 5.97 Å². The van der Waals surface area contributed by atoms with Crippen LogP contribution in [0.2, 0.25) is 5.02 Å². The Morgan fingerprint density at radius 3 is 2.29 bits per heavy atom. The molecular formula is C26H29ClN2O5. The Kier molecular flexibility index (Phi) is 7.54. The summed E-state index contributed by atoms with van der Waals surface area (Å²) in [6, 6.07) is 14.0. The van der Waals surface area contributed by atoms with Crippen molar-refractivity contribution in [2.24, 2.45) is 5.92 Å². The standard InChI is InChI=1S/C26H29ClN2O5/c1-17-12-19(4-7-23(17)34-11-10-29-24(30)8-9-25(29)31)16-28(22-13-20(14-22)26(32)33)15-18-2-5-21(27)6-3-18/h2-7,12,20,22H,8-11,13-16H2,1H3,(H,32,33)/t20-,22+. The smallest absolute Gasteiger partial charge is 0.306 e. The lowest BCUT2D eigenvalue weighted by atomic mass is 9.79. The van der Waals surface area contributed by atoms with Crippen LogP contribution in [0.3, 0.4) is 0 Å². The van der Waals surface area contributed by atoms with Crippen molar-refractivity contribution in [3.8, 4) is 5.75 Å². The van der Waals surface area contributed by atoms with E-state index in [1.165, 1.54) is 4.90 Å². The first-order valence-electron chi connectivity index (χ1n) is 11.6. The molecule has 0 spiro atoms. The molecule has 1 saturated heterocycles. The number of carboxylic acids is 1. The van der Waals surface area contributed by atoms with Crippen molar-refractivity contribution in [3.63, 3.8) is 0 Å². The highest BCUT2D eigenvalue weighted by Gasteiger charge is 2.38. The Balaban J connectivity index is 1.38. The average molecular weight is 485 g/mol. The first kappa shape index (κ1) is 24.2. The molecule has 2 fully saturated rings. The van der Waals surface area contributed by atoms with Crippen molar-refractivity contribution < 1.29 is 24.2 Å². The summed E-state index contributed by atoms with van der Waals surface area (Å²) < 4.78 is 5.84. The Labute approximate surface area is 204 Å². The summed E-state index contributed by atoms with van der Waals surface area (Å²) in [5, 5.41) is 9.98. The van der Waals surface area contributed by atoms with Crippen molar-refractivity contribution >= 4 is 29.4 Å². The maximum atomic E-state index is 11.7. The molecule has 0 aromatic heterocycles. The second kappa shape index (κ2) is 10.6. The molecular weight excluding hydrogens is 456 g/mol. The minimum Gasteiger partial charge on any atom is -0.491 e. The van der Waals surface area contributed by atoms with E-state index in [1.54, 1.807) is 0 Å². The van der Waals surface area contributed by atoms with Gasteiger partial charge in [0.1, 0.15) is 12.4 Å². The molecule has 4 rings (SSSR count). The van der Waals surface area contributed by atoms with E-state index in [0.29, 0.717) is 31.0 Å². The topological polar surface area (TPSA) is 87.2 Å². The number of hydrogen-bond donors (Lipinski definition) is 1. The van der Waals surface area contributed by atoms with Gasteiger partial charge in [-0.25, -0.2) is 0 Å². The third-order valence-electron chi connectivity index (χ3n) is 6.63. The van der Waals surface area contributed by atoms with E-state index in [-0.39, 0.29) is 49.8 Å². The van der Waals surface area contributed by atoms with E-state index in [9.17, 15) is 19.5 Å². The predicted molar refractivity (Wildman–Crippen MR) is 127 cm³/mol. The van der Waals surface area contributed by atoms with Crippen LogP contribution in [-0.2, 0) is 27.5 Å². The van der Waals surface area contributed by atoms with Gasteiger partial charge in [-0.1, -0.05) is 35.9 Å². The summed E-state index contributed by atoms with van der Waals surface area (Å²) in [6.45, 7) is 3.90. The first-order chi connectivity index (χ1) is 16.3. The molecule has 0 bridgehead atoms. The lowest BCUT2D eigenvalue weighted by Crippen LogP contribution is -2.46. The highest BCUT2D eigenvalue weighted by Crippen LogP contribution is 2.34. The van der Waals surface area contributed by atoms with Gasteiger partial charge in [-0.15, -0.1) is 0 Å². The van der Waals surface area contributed by atoms with Gasteiger partial charge < -0.3 is 9.84 Å². The Morgan fingerprint density at radius 2 is 1.68 bits per heavy atom. The zero-order valence-corrected chi connectivity index (χ0v) is 20.0. The quantitative estimate of drug-likeness (QED) is 0.512. The van der Waals surface area contributed by atoms with Crippen molar-refractivity contribution in [2.45, 2.75) is 51.7 Å². The summed E-state index contributed by atoms with van der Waals surface area (Å²) >= 11 is 6.03. The number of carboxylic acid groups (broad SMARTS) is 1. The van der Waals surface area contributed by atoms with Gasteiger partial charge in [-0.05, 0) is 54.7 Å². The van der Waals surface area contributed by atoms with E-state index in [2.05, 4.69) is 11.0 Å². The van der Waals surface area contributed by atoms with Gasteiger partial charge in [0.05, 0.1) is 12.5 Å². The number of aliphatic carboxylic acids is 1. The molecule has 0 radical (unpaired) electrons. The number of ether oxygens (including phenoxy) is 1. The van der Waals surface area contributed by atoms with Crippen molar-refractivity contribution in [3.05, 3.63) is 64.2 Å². The lowest BCUT2D eigenvalue weighted by molar-refractivity contribution is -0.147. The first-order valence-corrected chi connectivity index (χ1v) is 11.9. The third-order valence-corrected chi connectivity index (χ3v) is 6.88. The van der Waals surface area contributed by atoms with Gasteiger partial charge in [0.2, 0.25) is 11.8 Å². The molecule has 1 heterocycles. The van der Waals surface area contributed by atoms with E-state index in [4.69, 9.17) is 16.3 Å². The third kappa shape index (κ3) is 5.77. The van der Waals surface area contributed by atoms with Crippen LogP contribution in [0.25, 0.3) is 0 Å². The molecule has 180 valence electrons. The number of imide groups is 1. The zero-order valence-electron chi connectivity index (χ0n) is 19.2. The second-order valence-corrected chi connectivity index (χ2v) is 9.52. The van der Waals surface area contributed by atoms with E-state index in [0.717, 1.165) is 22.4 Å². The molecule has 1 aliphatic carbocycles. The van der Waals surface area contributed by atoms with E-state index >= 15 is 0 Å². The summed E-state index contributed by atoms with van der Waals surface area (Å²) in [5.41, 5.74) is 3.22. The SMILES string of the molecule is Cc1cc(CN(Cc2ccc(Cl)cc2)[C@H]2C[C@@H](C(=O)O)C2)ccc1OCCN1C(=O)CCC1=O. The number of hydrogen-bond acceptors (Lipinski definition) is 5. The molecule has 34 heavy (non-hydrogen) atoms. The molecule has 2 amide bonds.